The van der Waals surface area contributed by atoms with E-state index in [0.29, 0.717) is 23.7 Å². The topological polar surface area (TPSA) is 84.9 Å². The predicted octanol–water partition coefficient (Wildman–Crippen LogP) is 3.19. The summed E-state index contributed by atoms with van der Waals surface area (Å²) in [4.78, 5) is 22.2. The van der Waals surface area contributed by atoms with Gasteiger partial charge in [-0.3, -0.25) is 9.59 Å². The number of aliphatic carboxylic acids is 1. The van der Waals surface area contributed by atoms with E-state index in [9.17, 15) is 9.59 Å². The number of ether oxygens (including phenoxy) is 2. The number of aryl methyl sites for hydroxylation is 1. The Labute approximate surface area is 158 Å². The van der Waals surface area contributed by atoms with Crippen LogP contribution in [0.25, 0.3) is 5.57 Å². The van der Waals surface area contributed by atoms with Crippen LogP contribution in [-0.4, -0.2) is 30.6 Å². The Morgan fingerprint density at radius 3 is 2.44 bits per heavy atom. The molecule has 0 aliphatic heterocycles. The minimum atomic E-state index is -1.09. The van der Waals surface area contributed by atoms with Crippen molar-refractivity contribution in [3.63, 3.8) is 0 Å². The third-order valence-electron chi connectivity index (χ3n) is 3.90. The van der Waals surface area contributed by atoms with E-state index < -0.39 is 18.4 Å². The van der Waals surface area contributed by atoms with E-state index in [-0.39, 0.29) is 0 Å². The fourth-order valence-electron chi connectivity index (χ4n) is 2.37. The number of nitrogens with one attached hydrogen (secondary N) is 1. The Morgan fingerprint density at radius 2 is 1.81 bits per heavy atom. The first kappa shape index (κ1) is 20.0. The number of carboxylic acids is 1. The number of benzene rings is 2. The van der Waals surface area contributed by atoms with Gasteiger partial charge in [-0.1, -0.05) is 35.9 Å². The fraction of sp³-hybridized carbons (Fsp3) is 0.238. The van der Waals surface area contributed by atoms with Crippen molar-refractivity contribution in [2.75, 3.05) is 13.7 Å². The highest BCUT2D eigenvalue weighted by molar-refractivity contribution is 5.96. The summed E-state index contributed by atoms with van der Waals surface area (Å²) in [6.07, 6.45) is 1.35. The Balaban J connectivity index is 2.09. The summed E-state index contributed by atoms with van der Waals surface area (Å²) in [5.41, 5.74) is 3.70. The van der Waals surface area contributed by atoms with Crippen LogP contribution < -0.4 is 14.8 Å². The number of carbonyl (C=O) groups excluding carboxylic acids is 1. The van der Waals surface area contributed by atoms with Gasteiger partial charge in [-0.2, -0.15) is 0 Å². The number of rotatable bonds is 8. The van der Waals surface area contributed by atoms with Crippen molar-refractivity contribution >= 4 is 17.4 Å². The third-order valence-corrected chi connectivity index (χ3v) is 3.90. The number of hydrogen-bond donors (Lipinski definition) is 2. The molecule has 0 saturated carbocycles. The predicted molar refractivity (Wildman–Crippen MR) is 103 cm³/mol. The molecule has 2 N–H and O–H groups in total. The molecule has 0 aliphatic carbocycles. The SMILES string of the molecule is COc1cc(C(C)=CC(=O)NCC(=O)O)ccc1OCc1ccc(C)cc1. The number of carboxylic acid groups (broad SMARTS) is 1. The fourth-order valence-corrected chi connectivity index (χ4v) is 2.37. The monoisotopic (exact) mass is 369 g/mol. The molecule has 142 valence electrons. The van der Waals surface area contributed by atoms with E-state index in [0.717, 1.165) is 11.1 Å². The van der Waals surface area contributed by atoms with Gasteiger partial charge in [-0.15, -0.1) is 0 Å². The Kier molecular flexibility index (Phi) is 7.00. The Bertz CT molecular complexity index is 840. The highest BCUT2D eigenvalue weighted by atomic mass is 16.5. The van der Waals surface area contributed by atoms with Crippen LogP contribution >= 0.6 is 0 Å². The zero-order valence-electron chi connectivity index (χ0n) is 15.6. The highest BCUT2D eigenvalue weighted by Gasteiger charge is 2.09. The molecule has 0 atom stereocenters. The highest BCUT2D eigenvalue weighted by Crippen LogP contribution is 2.31. The van der Waals surface area contributed by atoms with Gasteiger partial charge in [0.05, 0.1) is 7.11 Å². The van der Waals surface area contributed by atoms with Crippen LogP contribution in [0.1, 0.15) is 23.6 Å². The summed E-state index contributed by atoms with van der Waals surface area (Å²) in [6.45, 7) is 3.80. The van der Waals surface area contributed by atoms with E-state index >= 15 is 0 Å². The summed E-state index contributed by atoms with van der Waals surface area (Å²) in [6, 6.07) is 13.5. The standard InChI is InChI=1S/C21H23NO5/c1-14-4-6-16(7-5-14)13-27-18-9-8-17(11-19(18)26-3)15(2)10-20(23)22-12-21(24)25/h4-11H,12-13H2,1-3H3,(H,22,23)(H,24,25). The van der Waals surface area contributed by atoms with Gasteiger partial charge in [0, 0.05) is 6.08 Å². The summed E-state index contributed by atoms with van der Waals surface area (Å²) in [5, 5.41) is 10.9. The maximum atomic E-state index is 11.7. The lowest BCUT2D eigenvalue weighted by Gasteiger charge is -2.13. The lowest BCUT2D eigenvalue weighted by molar-refractivity contribution is -0.137. The van der Waals surface area contributed by atoms with Gasteiger partial charge >= 0.3 is 5.97 Å². The molecule has 0 heterocycles. The summed E-state index contributed by atoms with van der Waals surface area (Å²) >= 11 is 0. The van der Waals surface area contributed by atoms with Gasteiger partial charge in [0.2, 0.25) is 5.91 Å². The normalized spacial score (nSPS) is 11.0. The Hall–Kier alpha value is -3.28. The first-order valence-electron chi connectivity index (χ1n) is 8.43. The largest absolute Gasteiger partial charge is 0.493 e. The zero-order valence-corrected chi connectivity index (χ0v) is 15.6. The van der Waals surface area contributed by atoms with Gasteiger partial charge in [0.25, 0.3) is 0 Å². The van der Waals surface area contributed by atoms with Crippen LogP contribution in [0.4, 0.5) is 0 Å². The average Bonchev–Trinajstić information content (AvgIpc) is 2.65. The number of amides is 1. The van der Waals surface area contributed by atoms with Gasteiger partial charge in [-0.25, -0.2) is 0 Å². The van der Waals surface area contributed by atoms with Crippen LogP contribution in [0, 0.1) is 6.92 Å². The molecule has 0 saturated heterocycles. The lowest BCUT2D eigenvalue weighted by Crippen LogP contribution is -2.27. The molecule has 2 aromatic carbocycles. The van der Waals surface area contributed by atoms with Crippen molar-refractivity contribution in [2.24, 2.45) is 0 Å². The molecule has 0 radical (unpaired) electrons. The molecule has 6 heteroatoms. The van der Waals surface area contributed by atoms with Crippen molar-refractivity contribution in [3.8, 4) is 11.5 Å². The van der Waals surface area contributed by atoms with Gasteiger partial charge in [0.1, 0.15) is 13.2 Å². The van der Waals surface area contributed by atoms with Crippen molar-refractivity contribution < 1.29 is 24.2 Å². The quantitative estimate of drug-likeness (QED) is 0.698. The second-order valence-corrected chi connectivity index (χ2v) is 6.08. The van der Waals surface area contributed by atoms with E-state index in [4.69, 9.17) is 14.6 Å². The van der Waals surface area contributed by atoms with Crippen LogP contribution in [0.3, 0.4) is 0 Å². The maximum absolute atomic E-state index is 11.7. The number of hydrogen-bond acceptors (Lipinski definition) is 4. The van der Waals surface area contributed by atoms with Crippen molar-refractivity contribution in [1.82, 2.24) is 5.32 Å². The third kappa shape index (κ3) is 6.18. The molecule has 0 aliphatic rings. The van der Waals surface area contributed by atoms with Crippen molar-refractivity contribution in [3.05, 3.63) is 65.2 Å². The molecule has 0 bridgehead atoms. The van der Waals surface area contributed by atoms with Crippen LogP contribution in [0.2, 0.25) is 0 Å². The summed E-state index contributed by atoms with van der Waals surface area (Å²) in [7, 11) is 1.55. The molecule has 1 amide bonds. The second-order valence-electron chi connectivity index (χ2n) is 6.08. The zero-order chi connectivity index (χ0) is 19.8. The lowest BCUT2D eigenvalue weighted by atomic mass is 10.1. The Morgan fingerprint density at radius 1 is 1.11 bits per heavy atom. The van der Waals surface area contributed by atoms with E-state index in [1.165, 1.54) is 11.6 Å². The second kappa shape index (κ2) is 9.43. The molecule has 0 spiro atoms. The molecule has 6 nitrogen and oxygen atoms in total. The van der Waals surface area contributed by atoms with Crippen LogP contribution in [-0.2, 0) is 16.2 Å². The molecule has 0 aromatic heterocycles. The van der Waals surface area contributed by atoms with E-state index in [2.05, 4.69) is 5.32 Å². The van der Waals surface area contributed by atoms with Gasteiger partial charge < -0.3 is 19.9 Å². The average molecular weight is 369 g/mol. The number of methoxy groups -OCH3 is 1. The molecular weight excluding hydrogens is 346 g/mol. The van der Waals surface area contributed by atoms with E-state index in [1.807, 2.05) is 37.3 Å². The van der Waals surface area contributed by atoms with Gasteiger partial charge in [0.15, 0.2) is 11.5 Å². The van der Waals surface area contributed by atoms with Crippen molar-refractivity contribution in [1.29, 1.82) is 0 Å². The molecule has 2 rings (SSSR count). The minimum absolute atomic E-state index is 0.419. The molecule has 2 aromatic rings. The summed E-state index contributed by atoms with van der Waals surface area (Å²) in [5.74, 6) is -0.400. The first-order chi connectivity index (χ1) is 12.9. The van der Waals surface area contributed by atoms with Crippen LogP contribution in [0.15, 0.2) is 48.5 Å². The number of carbonyl (C=O) groups is 2. The van der Waals surface area contributed by atoms with Gasteiger partial charge in [-0.05, 0) is 42.7 Å². The maximum Gasteiger partial charge on any atom is 0.322 e. The molecule has 27 heavy (non-hydrogen) atoms. The molecular formula is C21H23NO5. The van der Waals surface area contributed by atoms with Crippen LogP contribution in [0.5, 0.6) is 11.5 Å². The van der Waals surface area contributed by atoms with Crippen molar-refractivity contribution in [2.45, 2.75) is 20.5 Å². The smallest absolute Gasteiger partial charge is 0.322 e. The number of allylic oxidation sites excluding steroid dienone is 1. The minimum Gasteiger partial charge on any atom is -0.493 e. The van der Waals surface area contributed by atoms with E-state index in [1.54, 1.807) is 26.2 Å². The molecule has 0 fully saturated rings. The molecule has 0 unspecified atom stereocenters. The first-order valence-corrected chi connectivity index (χ1v) is 8.43. The summed E-state index contributed by atoms with van der Waals surface area (Å²) < 4.78 is 11.2.